The molecule has 0 saturated heterocycles. The zero-order valence-corrected chi connectivity index (χ0v) is 25.7. The van der Waals surface area contributed by atoms with Gasteiger partial charge in [0, 0.05) is 28.5 Å². The van der Waals surface area contributed by atoms with Crippen LogP contribution in [0.2, 0.25) is 0 Å². The predicted molar refractivity (Wildman–Crippen MR) is 165 cm³/mol. The van der Waals surface area contributed by atoms with Gasteiger partial charge in [0.15, 0.2) is 16.8 Å². The quantitative estimate of drug-likeness (QED) is 0.126. The third kappa shape index (κ3) is 6.26. The second-order valence-electron chi connectivity index (χ2n) is 10.8. The molecule has 1 N–H and O–H groups in total. The summed E-state index contributed by atoms with van der Waals surface area (Å²) in [6.45, 7) is 3.92. The highest BCUT2D eigenvalue weighted by Crippen LogP contribution is 2.39. The Labute approximate surface area is 259 Å². The van der Waals surface area contributed by atoms with Gasteiger partial charge in [-0.05, 0) is 80.5 Å². The van der Waals surface area contributed by atoms with Crippen LogP contribution in [0, 0.1) is 24.5 Å². The van der Waals surface area contributed by atoms with E-state index in [-0.39, 0.29) is 29.4 Å². The summed E-state index contributed by atoms with van der Waals surface area (Å²) >= 11 is -1.19. The number of nitrogens with zero attached hydrogens (tertiary/aromatic N) is 3. The first-order valence-corrected chi connectivity index (χ1v) is 16.2. The number of hydrogen-bond donors (Lipinski definition) is 1. The van der Waals surface area contributed by atoms with Crippen LogP contribution in [-0.2, 0) is 28.7 Å². The van der Waals surface area contributed by atoms with Gasteiger partial charge in [0.1, 0.15) is 16.5 Å². The van der Waals surface area contributed by atoms with Crippen molar-refractivity contribution in [3.05, 3.63) is 106 Å². The van der Waals surface area contributed by atoms with Gasteiger partial charge in [-0.3, -0.25) is 0 Å². The lowest BCUT2D eigenvalue weighted by Gasteiger charge is -2.11. The molecule has 1 fully saturated rings. The van der Waals surface area contributed by atoms with Gasteiger partial charge in [-0.25, -0.2) is 27.5 Å². The molecule has 1 unspecified atom stereocenters. The topological polar surface area (TPSA) is 94.3 Å². The standard InChI is InChI=1S/C33H29F2N3O4S2/c1-3-42-32(39)28-18-43-33(36-28)38-29(16-20-6-7-20)25(14-21-8-13-30(44(40)41)27(35)15-21)31(37-38)23-11-12-26(34)24(17-23)22-9-4-19(2)5-10-22/h4-5,8-13,15,17-18,20H,3,6-7,14,16H2,1-2H3,(H,40,41). The molecule has 0 aliphatic heterocycles. The molecule has 11 heteroatoms. The van der Waals surface area contributed by atoms with Gasteiger partial charge in [0.25, 0.3) is 0 Å². The van der Waals surface area contributed by atoms with E-state index in [0.717, 1.165) is 35.2 Å². The lowest BCUT2D eigenvalue weighted by atomic mass is 9.94. The number of benzene rings is 3. The number of aromatic nitrogens is 3. The molecule has 3 aromatic carbocycles. The maximum atomic E-state index is 15.2. The molecule has 1 saturated carbocycles. The van der Waals surface area contributed by atoms with Gasteiger partial charge >= 0.3 is 5.97 Å². The highest BCUT2D eigenvalue weighted by Gasteiger charge is 2.30. The number of carbonyl (C=O) groups excluding carboxylic acids is 1. The summed E-state index contributed by atoms with van der Waals surface area (Å²) in [6.07, 6.45) is 3.07. The van der Waals surface area contributed by atoms with Crippen molar-refractivity contribution in [2.24, 2.45) is 5.92 Å². The molecule has 2 heterocycles. The Morgan fingerprint density at radius 1 is 1.07 bits per heavy atom. The first kappa shape index (κ1) is 30.0. The number of hydrogen-bond acceptors (Lipinski definition) is 6. The maximum Gasteiger partial charge on any atom is 0.357 e. The number of thiazole rings is 1. The van der Waals surface area contributed by atoms with Crippen molar-refractivity contribution in [2.75, 3.05) is 6.61 Å². The van der Waals surface area contributed by atoms with E-state index in [9.17, 15) is 17.9 Å². The summed E-state index contributed by atoms with van der Waals surface area (Å²) in [5.74, 6) is -1.23. The normalized spacial score (nSPS) is 13.7. The fourth-order valence-electron chi connectivity index (χ4n) is 5.15. The van der Waals surface area contributed by atoms with Crippen LogP contribution in [-0.4, -0.2) is 36.1 Å². The molecule has 7 nitrogen and oxygen atoms in total. The predicted octanol–water partition coefficient (Wildman–Crippen LogP) is 7.55. The average molecular weight is 634 g/mol. The Hall–Kier alpha value is -4.06. The van der Waals surface area contributed by atoms with Crippen molar-refractivity contribution in [1.82, 2.24) is 14.8 Å². The fraction of sp³-hybridized carbons (Fsp3) is 0.242. The molecular weight excluding hydrogens is 605 g/mol. The molecule has 0 radical (unpaired) electrons. The number of ether oxygens (including phenoxy) is 1. The first-order valence-electron chi connectivity index (χ1n) is 14.2. The highest BCUT2D eigenvalue weighted by atomic mass is 32.2. The van der Waals surface area contributed by atoms with Crippen LogP contribution in [0.25, 0.3) is 27.5 Å². The van der Waals surface area contributed by atoms with E-state index >= 15 is 4.39 Å². The molecule has 0 spiro atoms. The van der Waals surface area contributed by atoms with Crippen LogP contribution in [0.15, 0.2) is 70.9 Å². The molecule has 44 heavy (non-hydrogen) atoms. The average Bonchev–Trinajstić information content (AvgIpc) is 3.56. The van der Waals surface area contributed by atoms with Gasteiger partial charge < -0.3 is 9.29 Å². The molecule has 2 aromatic heterocycles. The molecule has 1 aliphatic rings. The molecule has 0 bridgehead atoms. The SMILES string of the molecule is CCOC(=O)c1csc(-n2nc(-c3ccc(F)c(-c4ccc(C)cc4)c3)c(Cc3ccc(S(=O)O)c(F)c3)c2CC2CC2)n1. The minimum absolute atomic E-state index is 0.181. The van der Waals surface area contributed by atoms with Crippen LogP contribution in [0.5, 0.6) is 0 Å². The largest absolute Gasteiger partial charge is 0.461 e. The van der Waals surface area contributed by atoms with Crippen LogP contribution in [0.3, 0.4) is 0 Å². The molecule has 6 rings (SSSR count). The number of esters is 1. The number of rotatable bonds is 10. The summed E-state index contributed by atoms with van der Waals surface area (Å²) in [4.78, 5) is 16.7. The summed E-state index contributed by atoms with van der Waals surface area (Å²) in [5.41, 5.74) is 5.90. The summed E-state index contributed by atoms with van der Waals surface area (Å²) < 4.78 is 57.8. The molecule has 0 amide bonds. The van der Waals surface area contributed by atoms with Crippen LogP contribution < -0.4 is 0 Å². The van der Waals surface area contributed by atoms with Crippen molar-refractivity contribution in [3.8, 4) is 27.5 Å². The van der Waals surface area contributed by atoms with Gasteiger partial charge in [0.2, 0.25) is 5.13 Å². The lowest BCUT2D eigenvalue weighted by Crippen LogP contribution is -2.08. The van der Waals surface area contributed by atoms with Crippen molar-refractivity contribution in [2.45, 2.75) is 44.4 Å². The van der Waals surface area contributed by atoms with Crippen LogP contribution in [0.4, 0.5) is 8.78 Å². The maximum absolute atomic E-state index is 15.2. The zero-order valence-electron chi connectivity index (χ0n) is 24.0. The van der Waals surface area contributed by atoms with Crippen molar-refractivity contribution >= 4 is 28.4 Å². The van der Waals surface area contributed by atoms with E-state index < -0.39 is 22.9 Å². The Morgan fingerprint density at radius 2 is 1.82 bits per heavy atom. The Morgan fingerprint density at radius 3 is 2.50 bits per heavy atom. The minimum Gasteiger partial charge on any atom is -0.461 e. The van der Waals surface area contributed by atoms with E-state index in [1.165, 1.54) is 29.5 Å². The number of halogens is 2. The zero-order chi connectivity index (χ0) is 31.0. The third-order valence-corrected chi connectivity index (χ3v) is 9.12. The fourth-order valence-corrected chi connectivity index (χ4v) is 6.33. The molecule has 1 atom stereocenters. The van der Waals surface area contributed by atoms with Crippen LogP contribution >= 0.6 is 11.3 Å². The smallest absolute Gasteiger partial charge is 0.357 e. The van der Waals surface area contributed by atoms with E-state index in [4.69, 9.17) is 9.84 Å². The van der Waals surface area contributed by atoms with Gasteiger partial charge in [-0.15, -0.1) is 11.3 Å². The molecule has 226 valence electrons. The van der Waals surface area contributed by atoms with Crippen LogP contribution in [0.1, 0.15) is 52.6 Å². The Bertz CT molecular complexity index is 1880. The second kappa shape index (κ2) is 12.5. The molecule has 5 aromatic rings. The van der Waals surface area contributed by atoms with E-state index in [1.54, 1.807) is 35.2 Å². The van der Waals surface area contributed by atoms with E-state index in [0.29, 0.717) is 39.9 Å². The van der Waals surface area contributed by atoms with Crippen molar-refractivity contribution in [3.63, 3.8) is 0 Å². The van der Waals surface area contributed by atoms with E-state index in [1.807, 2.05) is 31.2 Å². The molecular formula is C33H29F2N3O4S2. The summed E-state index contributed by atoms with van der Waals surface area (Å²) in [5, 5.41) is 7.11. The summed E-state index contributed by atoms with van der Waals surface area (Å²) in [6, 6.07) is 16.7. The highest BCUT2D eigenvalue weighted by molar-refractivity contribution is 7.79. The van der Waals surface area contributed by atoms with Gasteiger partial charge in [-0.2, -0.15) is 5.10 Å². The minimum atomic E-state index is -2.45. The second-order valence-corrected chi connectivity index (χ2v) is 12.6. The lowest BCUT2D eigenvalue weighted by molar-refractivity contribution is 0.0520. The monoisotopic (exact) mass is 633 g/mol. The van der Waals surface area contributed by atoms with Gasteiger partial charge in [0.05, 0.1) is 18.0 Å². The third-order valence-electron chi connectivity index (χ3n) is 7.59. The van der Waals surface area contributed by atoms with Crippen molar-refractivity contribution < 1.29 is 27.1 Å². The molecule has 1 aliphatic carbocycles. The number of aryl methyl sites for hydroxylation is 1. The van der Waals surface area contributed by atoms with Crippen molar-refractivity contribution in [1.29, 1.82) is 0 Å². The number of carbonyl (C=O) groups is 1. The Kier molecular flexibility index (Phi) is 8.53. The first-order chi connectivity index (χ1) is 21.2. The Balaban J connectivity index is 1.52. The van der Waals surface area contributed by atoms with Gasteiger partial charge in [-0.1, -0.05) is 35.9 Å². The summed E-state index contributed by atoms with van der Waals surface area (Å²) in [7, 11) is 0. The van der Waals surface area contributed by atoms with E-state index in [2.05, 4.69) is 4.98 Å².